The molecule has 0 radical (unpaired) electrons. The molecule has 0 bridgehead atoms. The molecule has 0 amide bonds. The third-order valence-electron chi connectivity index (χ3n) is 10.6. The summed E-state index contributed by atoms with van der Waals surface area (Å²) in [6, 6.07) is 10.8. The van der Waals surface area contributed by atoms with Crippen LogP contribution in [0.2, 0.25) is 36.3 Å². The summed E-state index contributed by atoms with van der Waals surface area (Å²) in [5.41, 5.74) is 1.36. The van der Waals surface area contributed by atoms with Crippen LogP contribution in [0.4, 0.5) is 0 Å². The number of aliphatic hydroxyl groups excluding tert-OH is 1. The van der Waals surface area contributed by atoms with Gasteiger partial charge in [0.1, 0.15) is 0 Å². The molecule has 45 heavy (non-hydrogen) atoms. The normalized spacial score (nSPS) is 22.4. The number of rotatable bonds is 17. The molecule has 2 rings (SSSR count). The van der Waals surface area contributed by atoms with Gasteiger partial charge in [0, 0.05) is 12.5 Å². The second-order valence-electron chi connectivity index (χ2n) is 16.8. The molecule has 0 aromatic heterocycles. The Hall–Kier alpha value is -1.26. The van der Waals surface area contributed by atoms with E-state index in [0.29, 0.717) is 12.8 Å². The number of benzene rings is 1. The molecular weight excluding hydrogens is 593 g/mol. The predicted octanol–water partition coefficient (Wildman–Crippen LogP) is 10.2. The fraction of sp³-hybridized carbons (Fsp3) is 0.763. The highest BCUT2D eigenvalue weighted by atomic mass is 28.4. The highest BCUT2D eigenvalue weighted by Crippen LogP contribution is 2.46. The summed E-state index contributed by atoms with van der Waals surface area (Å²) in [5, 5.41) is 11.7. The molecule has 0 aliphatic heterocycles. The minimum Gasteiger partial charge on any atom is -0.463 e. The highest BCUT2D eigenvalue weighted by Gasteiger charge is 2.48. The average molecular weight is 661 g/mol. The SMILES string of the molecule is CC(C)OC(=O)CCCC=CC[C@@H]1[C@@H](CC[C@H](CCc2ccccc2)O[Si](C)(C)C(C)(C)C)[C@H](O[Si](C)(C)C(C)(C)C)C[C@@H]1O. The van der Waals surface area contributed by atoms with Crippen molar-refractivity contribution in [2.75, 3.05) is 0 Å². The number of carbonyl (C=O) groups excluding carboxylic acids is 1. The number of ether oxygens (including phenoxy) is 1. The minimum absolute atomic E-state index is 0.0627. The lowest BCUT2D eigenvalue weighted by Gasteiger charge is -2.41. The van der Waals surface area contributed by atoms with Crippen molar-refractivity contribution < 1.29 is 23.5 Å². The maximum absolute atomic E-state index is 11.9. The Morgan fingerprint density at radius 3 is 2.13 bits per heavy atom. The van der Waals surface area contributed by atoms with E-state index >= 15 is 0 Å². The van der Waals surface area contributed by atoms with E-state index in [9.17, 15) is 9.90 Å². The van der Waals surface area contributed by atoms with Gasteiger partial charge < -0.3 is 18.7 Å². The average Bonchev–Trinajstić information content (AvgIpc) is 3.19. The fourth-order valence-corrected chi connectivity index (χ4v) is 8.64. The maximum Gasteiger partial charge on any atom is 0.306 e. The van der Waals surface area contributed by atoms with Crippen LogP contribution in [-0.4, -0.2) is 52.1 Å². The van der Waals surface area contributed by atoms with Crippen LogP contribution in [0.1, 0.15) is 112 Å². The standard InChI is InChI=1S/C38H68O5Si2/c1-29(2)41-36(40)23-19-14-13-18-22-32-33(35(28-34(32)39)43-45(11,12)38(6,7)8)27-26-31(42-44(9,10)37(3,4)5)25-24-30-20-16-15-17-21-30/h13,15-18,20-21,29,31-35,39H,14,19,22-28H2,1-12H3/t31-,32+,33+,34-,35+/m0/s1. The summed E-state index contributed by atoms with van der Waals surface area (Å²) < 4.78 is 19.4. The molecule has 1 aromatic rings. The summed E-state index contributed by atoms with van der Waals surface area (Å²) in [6.07, 6.45) is 11.8. The molecule has 0 spiro atoms. The number of carbonyl (C=O) groups is 1. The van der Waals surface area contributed by atoms with Gasteiger partial charge in [-0.05, 0) is 119 Å². The van der Waals surface area contributed by atoms with Crippen molar-refractivity contribution in [3.05, 3.63) is 48.0 Å². The third-order valence-corrected chi connectivity index (χ3v) is 19.7. The van der Waals surface area contributed by atoms with E-state index in [-0.39, 0.29) is 52.3 Å². The van der Waals surface area contributed by atoms with Crippen molar-refractivity contribution >= 4 is 22.6 Å². The molecule has 1 N–H and O–H groups in total. The molecule has 7 heteroatoms. The molecule has 1 saturated carbocycles. The van der Waals surface area contributed by atoms with Gasteiger partial charge in [0.05, 0.1) is 18.3 Å². The van der Waals surface area contributed by atoms with Crippen LogP contribution >= 0.6 is 0 Å². The first kappa shape index (κ1) is 39.9. The lowest BCUT2D eigenvalue weighted by Crippen LogP contribution is -2.45. The summed E-state index contributed by atoms with van der Waals surface area (Å²) in [7, 11) is -3.98. The second-order valence-corrected chi connectivity index (χ2v) is 26.3. The molecular formula is C38H68O5Si2. The van der Waals surface area contributed by atoms with Gasteiger partial charge in [0.2, 0.25) is 0 Å². The van der Waals surface area contributed by atoms with Crippen molar-refractivity contribution in [2.24, 2.45) is 11.8 Å². The first-order valence-corrected chi connectivity index (χ1v) is 23.5. The van der Waals surface area contributed by atoms with E-state index in [1.54, 1.807) is 0 Å². The number of hydrogen-bond acceptors (Lipinski definition) is 5. The van der Waals surface area contributed by atoms with E-state index in [1.165, 1.54) is 5.56 Å². The van der Waals surface area contributed by atoms with Gasteiger partial charge in [-0.15, -0.1) is 0 Å². The van der Waals surface area contributed by atoms with Crippen LogP contribution in [0, 0.1) is 11.8 Å². The molecule has 1 aliphatic carbocycles. The van der Waals surface area contributed by atoms with Crippen LogP contribution in [-0.2, 0) is 24.8 Å². The number of hydrogen-bond donors (Lipinski definition) is 1. The van der Waals surface area contributed by atoms with Gasteiger partial charge in [0.25, 0.3) is 0 Å². The Kier molecular flexibility index (Phi) is 15.3. The molecule has 0 unspecified atom stereocenters. The number of allylic oxidation sites excluding steroid dienone is 2. The molecule has 5 nitrogen and oxygen atoms in total. The van der Waals surface area contributed by atoms with Crippen LogP contribution < -0.4 is 0 Å². The molecule has 1 fully saturated rings. The lowest BCUT2D eigenvalue weighted by molar-refractivity contribution is -0.147. The Bertz CT molecular complexity index is 1040. The fourth-order valence-electron chi connectivity index (χ4n) is 5.83. The molecule has 258 valence electrons. The van der Waals surface area contributed by atoms with Gasteiger partial charge in [-0.25, -0.2) is 0 Å². The monoisotopic (exact) mass is 660 g/mol. The van der Waals surface area contributed by atoms with Crippen molar-refractivity contribution in [1.82, 2.24) is 0 Å². The van der Waals surface area contributed by atoms with Gasteiger partial charge in [-0.2, -0.15) is 0 Å². The van der Waals surface area contributed by atoms with Crippen molar-refractivity contribution in [3.8, 4) is 0 Å². The molecule has 1 aromatic carbocycles. The summed E-state index contributed by atoms with van der Waals surface area (Å²) in [5.74, 6) is 0.309. The predicted molar refractivity (Wildman–Crippen MR) is 195 cm³/mol. The number of aliphatic hydroxyl groups is 1. The number of aryl methyl sites for hydroxylation is 1. The van der Waals surface area contributed by atoms with Crippen LogP contribution in [0.3, 0.4) is 0 Å². The number of unbranched alkanes of at least 4 members (excludes halogenated alkanes) is 1. The van der Waals surface area contributed by atoms with Crippen LogP contribution in [0.5, 0.6) is 0 Å². The maximum atomic E-state index is 11.9. The highest BCUT2D eigenvalue weighted by molar-refractivity contribution is 6.74. The van der Waals surface area contributed by atoms with E-state index in [1.807, 2.05) is 13.8 Å². The zero-order chi connectivity index (χ0) is 34.1. The van der Waals surface area contributed by atoms with Crippen molar-refractivity contribution in [1.29, 1.82) is 0 Å². The smallest absolute Gasteiger partial charge is 0.306 e. The summed E-state index contributed by atoms with van der Waals surface area (Å²) in [4.78, 5) is 11.9. The van der Waals surface area contributed by atoms with Gasteiger partial charge in [-0.3, -0.25) is 4.79 Å². The molecule has 1 aliphatic rings. The first-order chi connectivity index (χ1) is 20.7. The largest absolute Gasteiger partial charge is 0.463 e. The Morgan fingerprint density at radius 2 is 1.56 bits per heavy atom. The van der Waals surface area contributed by atoms with Gasteiger partial charge >= 0.3 is 5.97 Å². The Labute approximate surface area is 279 Å². The lowest BCUT2D eigenvalue weighted by atomic mass is 9.85. The van der Waals surface area contributed by atoms with Gasteiger partial charge in [0.15, 0.2) is 16.6 Å². The second kappa shape index (κ2) is 17.2. The first-order valence-electron chi connectivity index (χ1n) is 17.7. The molecule has 0 heterocycles. The zero-order valence-electron chi connectivity index (χ0n) is 30.9. The zero-order valence-corrected chi connectivity index (χ0v) is 32.9. The third kappa shape index (κ3) is 13.0. The minimum atomic E-state index is -2.02. The number of esters is 1. The van der Waals surface area contributed by atoms with Gasteiger partial charge in [-0.1, -0.05) is 84.0 Å². The summed E-state index contributed by atoms with van der Waals surface area (Å²) in [6.45, 7) is 27.0. The molecule has 5 atom stereocenters. The topological polar surface area (TPSA) is 65.0 Å². The van der Waals surface area contributed by atoms with E-state index in [0.717, 1.165) is 44.9 Å². The summed E-state index contributed by atoms with van der Waals surface area (Å²) >= 11 is 0. The van der Waals surface area contributed by atoms with Crippen LogP contribution in [0.25, 0.3) is 0 Å². The van der Waals surface area contributed by atoms with E-state index in [2.05, 4.69) is 110 Å². The van der Waals surface area contributed by atoms with E-state index < -0.39 is 16.6 Å². The van der Waals surface area contributed by atoms with Crippen molar-refractivity contribution in [3.63, 3.8) is 0 Å². The van der Waals surface area contributed by atoms with Crippen molar-refractivity contribution in [2.45, 2.75) is 174 Å². The van der Waals surface area contributed by atoms with E-state index in [4.69, 9.17) is 13.6 Å². The Morgan fingerprint density at radius 1 is 0.933 bits per heavy atom. The quantitative estimate of drug-likeness (QED) is 0.0780. The molecule has 0 saturated heterocycles. The van der Waals surface area contributed by atoms with Crippen LogP contribution in [0.15, 0.2) is 42.5 Å². The Balaban J connectivity index is 2.21.